The number of ether oxygens (including phenoxy) is 1. The van der Waals surface area contributed by atoms with Gasteiger partial charge in [0.25, 0.3) is 0 Å². The van der Waals surface area contributed by atoms with Gasteiger partial charge < -0.3 is 25.2 Å². The van der Waals surface area contributed by atoms with Crippen LogP contribution in [0.1, 0.15) is 168 Å². The van der Waals surface area contributed by atoms with Crippen molar-refractivity contribution in [2.75, 3.05) is 19.8 Å². The molecule has 352 valence electrons. The number of nitrogens with one attached hydrogen (secondary N) is 1. The van der Waals surface area contributed by atoms with Gasteiger partial charge in [-0.25, -0.2) is 9.36 Å². The first-order valence-corrected chi connectivity index (χ1v) is 24.8. The molecule has 0 rings (SSSR count). The molecule has 1 amide bonds. The summed E-state index contributed by atoms with van der Waals surface area (Å²) >= 11 is 0. The Morgan fingerprint density at radius 3 is 1.42 bits per heavy atom. The number of rotatable bonds is 42. The Morgan fingerprint density at radius 2 is 0.935 bits per heavy atom. The minimum absolute atomic E-state index is 0.123. The summed E-state index contributed by atoms with van der Waals surface area (Å²) in [5.41, 5.74) is 0. The molecule has 11 nitrogen and oxygen atoms in total. The molecule has 0 aromatic carbocycles. The molecule has 12 heteroatoms. The van der Waals surface area contributed by atoms with Crippen LogP contribution in [-0.4, -0.2) is 64.9 Å². The number of esters is 1. The van der Waals surface area contributed by atoms with Gasteiger partial charge in [0.15, 0.2) is 6.04 Å². The highest BCUT2D eigenvalue weighted by Crippen LogP contribution is 2.43. The number of allylic oxidation sites excluding steroid dienone is 16. The lowest BCUT2D eigenvalue weighted by atomic mass is 10.1. The highest BCUT2D eigenvalue weighted by atomic mass is 31.2. The Hall–Kier alpha value is -3.60. The molecule has 0 aliphatic carbocycles. The highest BCUT2D eigenvalue weighted by molar-refractivity contribution is 7.47. The van der Waals surface area contributed by atoms with Gasteiger partial charge in [-0.2, -0.15) is 0 Å². The molecule has 0 aromatic heterocycles. The van der Waals surface area contributed by atoms with Crippen LogP contribution in [0.2, 0.25) is 0 Å². The van der Waals surface area contributed by atoms with E-state index in [1.54, 1.807) is 0 Å². The number of phosphoric acid groups is 1. The smallest absolute Gasteiger partial charge is 0.472 e. The molecule has 62 heavy (non-hydrogen) atoms. The zero-order chi connectivity index (χ0) is 45.6. The van der Waals surface area contributed by atoms with E-state index in [1.807, 2.05) is 0 Å². The van der Waals surface area contributed by atoms with E-state index in [-0.39, 0.29) is 12.8 Å². The molecule has 0 aliphatic heterocycles. The van der Waals surface area contributed by atoms with Crippen LogP contribution in [0.3, 0.4) is 0 Å². The number of carbonyl (C=O) groups excluding carboxylic acids is 2. The van der Waals surface area contributed by atoms with E-state index in [4.69, 9.17) is 13.8 Å². The summed E-state index contributed by atoms with van der Waals surface area (Å²) in [7, 11) is -4.78. The van der Waals surface area contributed by atoms with Gasteiger partial charge in [0.05, 0.1) is 13.2 Å². The number of amides is 1. The molecule has 0 aliphatic rings. The third-order valence-corrected chi connectivity index (χ3v) is 10.3. The number of aliphatic carboxylic acids is 1. The van der Waals surface area contributed by atoms with Crippen molar-refractivity contribution in [2.45, 2.75) is 180 Å². The lowest BCUT2D eigenvalue weighted by Crippen LogP contribution is -2.43. The molecule has 0 fully saturated rings. The number of carbonyl (C=O) groups is 3. The number of aliphatic hydroxyl groups excluding tert-OH is 1. The van der Waals surface area contributed by atoms with Crippen LogP contribution in [0.5, 0.6) is 0 Å². The minimum atomic E-state index is -4.78. The van der Waals surface area contributed by atoms with Crippen molar-refractivity contribution in [3.63, 3.8) is 0 Å². The number of carboxylic acid groups (broad SMARTS) is 1. The number of hydrogen-bond acceptors (Lipinski definition) is 8. The summed E-state index contributed by atoms with van der Waals surface area (Å²) in [5.74, 6) is -2.44. The van der Waals surface area contributed by atoms with E-state index >= 15 is 0 Å². The topological polar surface area (TPSA) is 169 Å². The summed E-state index contributed by atoms with van der Waals surface area (Å²) in [6, 6.07) is -1.56. The molecule has 0 aromatic rings. The number of aliphatic hydroxyl groups is 1. The van der Waals surface area contributed by atoms with Crippen molar-refractivity contribution in [2.24, 2.45) is 0 Å². The Labute approximate surface area is 374 Å². The Morgan fingerprint density at radius 1 is 0.532 bits per heavy atom. The average Bonchev–Trinajstić information content (AvgIpc) is 3.25. The molecule has 0 radical (unpaired) electrons. The van der Waals surface area contributed by atoms with Crippen LogP contribution in [0.4, 0.5) is 0 Å². The third kappa shape index (κ3) is 43.1. The quantitative estimate of drug-likeness (QED) is 0.0200. The Balaban J connectivity index is 3.98. The fourth-order valence-electron chi connectivity index (χ4n) is 5.76. The number of phosphoric ester groups is 1. The van der Waals surface area contributed by atoms with Gasteiger partial charge in [-0.1, -0.05) is 156 Å². The fraction of sp³-hybridized carbons (Fsp3) is 0.620. The van der Waals surface area contributed by atoms with Crippen LogP contribution < -0.4 is 5.32 Å². The van der Waals surface area contributed by atoms with Crippen LogP contribution in [0.25, 0.3) is 0 Å². The van der Waals surface area contributed by atoms with Crippen LogP contribution in [0.15, 0.2) is 97.2 Å². The van der Waals surface area contributed by atoms with Gasteiger partial charge in [-0.05, 0) is 96.3 Å². The van der Waals surface area contributed by atoms with E-state index in [9.17, 15) is 34.1 Å². The summed E-state index contributed by atoms with van der Waals surface area (Å²) in [6.07, 6.45) is 55.6. The molecular formula is C50H82NO10P. The first-order chi connectivity index (χ1) is 30.1. The second-order valence-electron chi connectivity index (χ2n) is 15.2. The SMILES string of the molecule is CC/C=C\C/C=C\C/C=C\C/C=C\C/C=C\CCCCCC(=O)OCC(O)COP(=O)(O)OCC(NC(=O)CCCCCCCC/C=C\C/C=C\C/C=C\CCCCC)C(=O)O. The highest BCUT2D eigenvalue weighted by Gasteiger charge is 2.28. The molecule has 0 spiro atoms. The van der Waals surface area contributed by atoms with Gasteiger partial charge >= 0.3 is 19.8 Å². The fourth-order valence-corrected chi connectivity index (χ4v) is 6.53. The van der Waals surface area contributed by atoms with Crippen LogP contribution in [-0.2, 0) is 32.7 Å². The van der Waals surface area contributed by atoms with Crippen LogP contribution in [0, 0.1) is 0 Å². The molecule has 0 heterocycles. The van der Waals surface area contributed by atoms with Gasteiger partial charge in [-0.3, -0.25) is 18.6 Å². The van der Waals surface area contributed by atoms with Crippen LogP contribution >= 0.6 is 7.82 Å². The lowest BCUT2D eigenvalue weighted by Gasteiger charge is -2.18. The monoisotopic (exact) mass is 888 g/mol. The van der Waals surface area contributed by atoms with E-state index in [1.165, 1.54) is 25.7 Å². The third-order valence-electron chi connectivity index (χ3n) is 9.36. The first-order valence-electron chi connectivity index (χ1n) is 23.3. The predicted octanol–water partition coefficient (Wildman–Crippen LogP) is 12.4. The zero-order valence-corrected chi connectivity index (χ0v) is 39.0. The lowest BCUT2D eigenvalue weighted by molar-refractivity contribution is -0.147. The minimum Gasteiger partial charge on any atom is -0.480 e. The molecular weight excluding hydrogens is 806 g/mol. The molecule has 0 saturated heterocycles. The molecule has 3 atom stereocenters. The van der Waals surface area contributed by atoms with Crippen molar-refractivity contribution < 1.29 is 47.8 Å². The maximum atomic E-state index is 12.3. The largest absolute Gasteiger partial charge is 0.480 e. The summed E-state index contributed by atoms with van der Waals surface area (Å²) in [4.78, 5) is 46.0. The number of carboxylic acids is 1. The maximum absolute atomic E-state index is 12.3. The van der Waals surface area contributed by atoms with Gasteiger partial charge in [0.1, 0.15) is 12.7 Å². The van der Waals surface area contributed by atoms with E-state index in [0.717, 1.165) is 103 Å². The zero-order valence-electron chi connectivity index (χ0n) is 38.1. The van der Waals surface area contributed by atoms with E-state index in [0.29, 0.717) is 12.8 Å². The maximum Gasteiger partial charge on any atom is 0.472 e. The molecule has 4 N–H and O–H groups in total. The van der Waals surface area contributed by atoms with Gasteiger partial charge in [0, 0.05) is 12.8 Å². The summed E-state index contributed by atoms with van der Waals surface area (Å²) in [6.45, 7) is 2.40. The molecule has 0 saturated carbocycles. The van der Waals surface area contributed by atoms with E-state index in [2.05, 4.69) is 116 Å². The summed E-state index contributed by atoms with van der Waals surface area (Å²) in [5, 5.41) is 21.9. The molecule has 0 bridgehead atoms. The number of hydrogen-bond donors (Lipinski definition) is 4. The second kappa shape index (κ2) is 44.0. The summed E-state index contributed by atoms with van der Waals surface area (Å²) < 4.78 is 26.9. The van der Waals surface area contributed by atoms with Gasteiger partial charge in [0.2, 0.25) is 5.91 Å². The normalized spacial score (nSPS) is 14.5. The first kappa shape index (κ1) is 58.4. The van der Waals surface area contributed by atoms with Crippen molar-refractivity contribution in [1.29, 1.82) is 0 Å². The standard InChI is InChI=1S/C50H82NO10P/c1-3-5-7-9-11-13-15-17-19-21-23-25-27-29-31-33-35-37-39-41-48(53)51-47(50(55)56)45-61-62(57,58)60-44-46(52)43-59-49(54)42-40-38-36-34-32-30-28-26-24-22-20-18-16-14-12-10-8-6-4-2/h6,8,11-14,17-20,23-26,30,32,46-47,52H,3-5,7,9-10,15-16,21-22,27-29,31,33-45H2,1-2H3,(H,51,53)(H,55,56)(H,57,58)/b8-6-,13-11-,14-12-,19-17-,20-18-,25-23-,26-24-,32-30-. The van der Waals surface area contributed by atoms with Crippen molar-refractivity contribution in [3.05, 3.63) is 97.2 Å². The Bertz CT molecular complexity index is 1410. The van der Waals surface area contributed by atoms with E-state index < -0.39 is 57.6 Å². The molecule has 3 unspecified atom stereocenters. The van der Waals surface area contributed by atoms with Crippen molar-refractivity contribution in [1.82, 2.24) is 5.32 Å². The predicted molar refractivity (Wildman–Crippen MR) is 254 cm³/mol. The van der Waals surface area contributed by atoms with Crippen molar-refractivity contribution >= 4 is 25.7 Å². The van der Waals surface area contributed by atoms with Crippen molar-refractivity contribution in [3.8, 4) is 0 Å². The number of unbranched alkanes of at least 4 members (excludes halogenated alkanes) is 12. The second-order valence-corrected chi connectivity index (χ2v) is 16.7. The average molecular weight is 888 g/mol. The Kier molecular flexibility index (Phi) is 41.5. The van der Waals surface area contributed by atoms with Gasteiger partial charge in [-0.15, -0.1) is 0 Å².